The fraction of sp³-hybridized carbons (Fsp3) is 0.471. The molecule has 1 fully saturated rings. The Morgan fingerprint density at radius 3 is 2.76 bits per heavy atom. The Morgan fingerprint density at radius 1 is 1.24 bits per heavy atom. The van der Waals surface area contributed by atoms with Crippen LogP contribution in [0.1, 0.15) is 45.2 Å². The number of hydrogen-bond donors (Lipinski definition) is 2. The smallest absolute Gasteiger partial charge is 0.312 e. The number of fused-ring (bicyclic) bond motifs is 1. The van der Waals surface area contributed by atoms with Gasteiger partial charge < -0.3 is 9.72 Å². The first-order chi connectivity index (χ1) is 9.95. The number of hydrogen-bond acceptors (Lipinski definition) is 3. The Balaban J connectivity index is 1.71. The highest BCUT2D eigenvalue weighted by molar-refractivity contribution is 5.83. The number of ether oxygens (including phenoxy) is 1. The number of para-hydroxylation sites is 1. The Hall–Kier alpha value is -1.81. The molecule has 0 aliphatic carbocycles. The van der Waals surface area contributed by atoms with Gasteiger partial charge in [0.15, 0.2) is 6.23 Å². The summed E-state index contributed by atoms with van der Waals surface area (Å²) in [6.07, 6.45) is 3.70. The molecule has 112 valence electrons. The van der Waals surface area contributed by atoms with Gasteiger partial charge in [-0.05, 0) is 45.2 Å². The van der Waals surface area contributed by atoms with Crippen LogP contribution in [-0.4, -0.2) is 17.2 Å². The summed E-state index contributed by atoms with van der Waals surface area (Å²) in [4.78, 5) is 15.3. The van der Waals surface area contributed by atoms with Gasteiger partial charge in [0.25, 0.3) is 0 Å². The monoisotopic (exact) mass is 286 g/mol. The second kappa shape index (κ2) is 5.19. The van der Waals surface area contributed by atoms with Crippen molar-refractivity contribution >= 4 is 16.9 Å². The van der Waals surface area contributed by atoms with E-state index in [9.17, 15) is 4.79 Å². The highest BCUT2D eigenvalue weighted by Crippen LogP contribution is 2.32. The molecule has 0 spiro atoms. The molecule has 1 saturated heterocycles. The van der Waals surface area contributed by atoms with Crippen LogP contribution in [-0.2, 0) is 9.53 Å². The number of rotatable bonds is 2. The zero-order valence-electron chi connectivity index (χ0n) is 12.8. The van der Waals surface area contributed by atoms with Crippen molar-refractivity contribution in [3.63, 3.8) is 0 Å². The molecule has 21 heavy (non-hydrogen) atoms. The maximum Gasteiger partial charge on any atom is 0.312 e. The lowest BCUT2D eigenvalue weighted by Crippen LogP contribution is -2.34. The number of esters is 1. The molecule has 1 aromatic carbocycles. The summed E-state index contributed by atoms with van der Waals surface area (Å²) in [6.45, 7) is 5.63. The van der Waals surface area contributed by atoms with E-state index in [2.05, 4.69) is 28.6 Å². The van der Waals surface area contributed by atoms with Crippen LogP contribution in [0, 0.1) is 5.41 Å². The van der Waals surface area contributed by atoms with Gasteiger partial charge in [-0.1, -0.05) is 18.2 Å². The molecule has 0 bridgehead atoms. The van der Waals surface area contributed by atoms with Crippen LogP contribution in [0.15, 0.2) is 30.5 Å². The van der Waals surface area contributed by atoms with Crippen LogP contribution < -0.4 is 5.32 Å². The lowest BCUT2D eigenvalue weighted by Gasteiger charge is -2.21. The Bertz CT molecular complexity index is 654. The van der Waals surface area contributed by atoms with Crippen LogP contribution in [0.25, 0.3) is 10.9 Å². The van der Waals surface area contributed by atoms with E-state index in [1.165, 1.54) is 10.9 Å². The standard InChI is InChI=1S/C17H22N2O2/c1-17(2,3)16(20)21-15-9-8-14(19-15)12-10-18-13-7-5-4-6-11(12)13/h4-7,10,14-15,18-19H,8-9H2,1-3H3. The summed E-state index contributed by atoms with van der Waals surface area (Å²) in [6, 6.07) is 8.51. The van der Waals surface area contributed by atoms with E-state index in [0.717, 1.165) is 18.4 Å². The van der Waals surface area contributed by atoms with Gasteiger partial charge >= 0.3 is 5.97 Å². The van der Waals surface area contributed by atoms with Gasteiger partial charge in [-0.3, -0.25) is 10.1 Å². The van der Waals surface area contributed by atoms with Crippen molar-refractivity contribution in [1.82, 2.24) is 10.3 Å². The fourth-order valence-corrected chi connectivity index (χ4v) is 2.74. The van der Waals surface area contributed by atoms with Crippen LogP contribution in [0.5, 0.6) is 0 Å². The van der Waals surface area contributed by atoms with E-state index in [4.69, 9.17) is 4.74 Å². The molecule has 2 atom stereocenters. The molecule has 1 aliphatic heterocycles. The lowest BCUT2D eigenvalue weighted by atomic mass is 9.97. The molecule has 2 unspecified atom stereocenters. The van der Waals surface area contributed by atoms with Crippen molar-refractivity contribution in [2.24, 2.45) is 5.41 Å². The normalized spacial score (nSPS) is 22.6. The molecule has 3 rings (SSSR count). The number of aromatic amines is 1. The van der Waals surface area contributed by atoms with Crippen molar-refractivity contribution < 1.29 is 9.53 Å². The summed E-state index contributed by atoms with van der Waals surface area (Å²) in [5.41, 5.74) is 1.94. The molecule has 1 aromatic heterocycles. The van der Waals surface area contributed by atoms with Gasteiger partial charge in [0, 0.05) is 23.1 Å². The predicted molar refractivity (Wildman–Crippen MR) is 82.7 cm³/mol. The molecular weight excluding hydrogens is 264 g/mol. The van der Waals surface area contributed by atoms with Gasteiger partial charge in [0.1, 0.15) is 0 Å². The van der Waals surface area contributed by atoms with Crippen molar-refractivity contribution in [1.29, 1.82) is 0 Å². The molecule has 0 radical (unpaired) electrons. The second-order valence-electron chi connectivity index (χ2n) is 6.73. The summed E-state index contributed by atoms with van der Waals surface area (Å²) in [5.74, 6) is -0.153. The van der Waals surface area contributed by atoms with E-state index in [1.807, 2.05) is 32.9 Å². The Kier molecular flexibility index (Phi) is 3.49. The van der Waals surface area contributed by atoms with E-state index < -0.39 is 5.41 Å². The molecule has 1 aliphatic rings. The minimum absolute atomic E-state index is 0.153. The van der Waals surface area contributed by atoms with Crippen LogP contribution in [0.4, 0.5) is 0 Å². The highest BCUT2D eigenvalue weighted by atomic mass is 16.6. The SMILES string of the molecule is CC(C)(C)C(=O)OC1CCC(c2c[nH]c3ccccc23)N1. The zero-order valence-corrected chi connectivity index (χ0v) is 12.8. The largest absolute Gasteiger partial charge is 0.446 e. The highest BCUT2D eigenvalue weighted by Gasteiger charge is 2.32. The average Bonchev–Trinajstić information content (AvgIpc) is 3.03. The van der Waals surface area contributed by atoms with E-state index in [-0.39, 0.29) is 18.2 Å². The molecule has 2 aromatic rings. The Morgan fingerprint density at radius 2 is 2.00 bits per heavy atom. The molecule has 0 saturated carbocycles. The number of H-pyrrole nitrogens is 1. The zero-order chi connectivity index (χ0) is 15.0. The molecule has 2 N–H and O–H groups in total. The number of aromatic nitrogens is 1. The topological polar surface area (TPSA) is 54.1 Å². The van der Waals surface area contributed by atoms with Gasteiger partial charge in [0.2, 0.25) is 0 Å². The summed E-state index contributed by atoms with van der Waals surface area (Å²) in [7, 11) is 0. The number of benzene rings is 1. The third-order valence-electron chi connectivity index (χ3n) is 3.96. The number of nitrogens with one attached hydrogen (secondary N) is 2. The van der Waals surface area contributed by atoms with Gasteiger partial charge in [-0.2, -0.15) is 0 Å². The number of carbonyl (C=O) groups excluding carboxylic acids is 1. The lowest BCUT2D eigenvalue weighted by molar-refractivity contribution is -0.159. The number of carbonyl (C=O) groups is 1. The third kappa shape index (κ3) is 2.81. The Labute approximate surface area is 124 Å². The minimum atomic E-state index is -0.458. The van der Waals surface area contributed by atoms with E-state index in [1.54, 1.807) is 0 Å². The van der Waals surface area contributed by atoms with E-state index >= 15 is 0 Å². The van der Waals surface area contributed by atoms with Gasteiger partial charge in [-0.25, -0.2) is 0 Å². The molecular formula is C17H22N2O2. The predicted octanol–water partition coefficient (Wildman–Crippen LogP) is 3.51. The quantitative estimate of drug-likeness (QED) is 0.831. The first-order valence-corrected chi connectivity index (χ1v) is 7.48. The molecule has 2 heterocycles. The van der Waals surface area contributed by atoms with Crippen LogP contribution in [0.3, 0.4) is 0 Å². The maximum atomic E-state index is 12.0. The van der Waals surface area contributed by atoms with E-state index in [0.29, 0.717) is 0 Å². The summed E-state index contributed by atoms with van der Waals surface area (Å²) < 4.78 is 5.56. The molecule has 0 amide bonds. The van der Waals surface area contributed by atoms with Crippen molar-refractivity contribution in [2.45, 2.75) is 45.9 Å². The third-order valence-corrected chi connectivity index (χ3v) is 3.96. The van der Waals surface area contributed by atoms with Crippen molar-refractivity contribution in [3.8, 4) is 0 Å². The molecule has 4 heteroatoms. The average molecular weight is 286 g/mol. The van der Waals surface area contributed by atoms with Gasteiger partial charge in [-0.15, -0.1) is 0 Å². The first-order valence-electron chi connectivity index (χ1n) is 7.48. The van der Waals surface area contributed by atoms with Crippen LogP contribution >= 0.6 is 0 Å². The van der Waals surface area contributed by atoms with Gasteiger partial charge in [0.05, 0.1) is 5.41 Å². The summed E-state index contributed by atoms with van der Waals surface area (Å²) >= 11 is 0. The second-order valence-corrected chi connectivity index (χ2v) is 6.73. The minimum Gasteiger partial charge on any atom is -0.446 e. The van der Waals surface area contributed by atoms with Crippen molar-refractivity contribution in [3.05, 3.63) is 36.0 Å². The van der Waals surface area contributed by atoms with Crippen LogP contribution in [0.2, 0.25) is 0 Å². The molecule has 4 nitrogen and oxygen atoms in total. The summed E-state index contributed by atoms with van der Waals surface area (Å²) in [5, 5.41) is 4.66. The fourth-order valence-electron chi connectivity index (χ4n) is 2.74. The maximum absolute atomic E-state index is 12.0. The first kappa shape index (κ1) is 14.1. The van der Waals surface area contributed by atoms with Crippen molar-refractivity contribution in [2.75, 3.05) is 0 Å².